The van der Waals surface area contributed by atoms with Crippen molar-refractivity contribution in [2.24, 2.45) is 0 Å². The molecule has 0 bridgehead atoms. The average molecular weight is 566 g/mol. The second kappa shape index (κ2) is 11.3. The van der Waals surface area contributed by atoms with Crippen molar-refractivity contribution >= 4 is 33.9 Å². The summed E-state index contributed by atoms with van der Waals surface area (Å²) >= 11 is 6.75. The first kappa shape index (κ1) is 25.2. The number of pyridine rings is 2. The Labute approximate surface area is 243 Å². The van der Waals surface area contributed by atoms with Crippen LogP contribution in [-0.2, 0) is 0 Å². The van der Waals surface area contributed by atoms with Gasteiger partial charge in [-0.25, -0.2) is 4.98 Å². The van der Waals surface area contributed by atoms with Gasteiger partial charge in [0, 0.05) is 42.1 Å². The quantitative estimate of drug-likeness (QED) is 0.146. The number of hydrogen-bond acceptors (Lipinski definition) is 8. The number of benzene rings is 2. The zero-order valence-electron chi connectivity index (χ0n) is 22.8. The predicted octanol–water partition coefficient (Wildman–Crippen LogP) is 5.95. The Bertz CT molecular complexity index is 1750. The van der Waals surface area contributed by atoms with Gasteiger partial charge in [0.2, 0.25) is 5.95 Å². The molecule has 2 aliphatic rings. The van der Waals surface area contributed by atoms with Crippen molar-refractivity contribution in [1.82, 2.24) is 25.9 Å². The van der Waals surface area contributed by atoms with Crippen LogP contribution in [0.15, 0.2) is 78.9 Å². The van der Waals surface area contributed by atoms with Gasteiger partial charge in [-0.05, 0) is 42.2 Å². The number of anilines is 2. The van der Waals surface area contributed by atoms with E-state index in [4.69, 9.17) is 18.0 Å². The van der Waals surface area contributed by atoms with E-state index in [9.17, 15) is 11.0 Å². The Hall–Kier alpha value is -4.83. The molecule has 10 heteroatoms. The summed E-state index contributed by atoms with van der Waals surface area (Å²) in [6, 6.07) is 16.6. The second-order valence-corrected chi connectivity index (χ2v) is 10.2. The molecule has 4 N–H and O–H groups in total. The summed E-state index contributed by atoms with van der Waals surface area (Å²) in [4.78, 5) is 8.25. The maximum Gasteiger partial charge on any atom is 0.212 e. The molecular formula is C31H26ClFN8. The number of fused-ring (bicyclic) bond motifs is 1. The number of hydrogen-bond donors (Lipinski definition) is 4. The first-order valence-electron chi connectivity index (χ1n) is 13.6. The molecule has 0 amide bonds. The van der Waals surface area contributed by atoms with Gasteiger partial charge in [-0.1, -0.05) is 48.0 Å². The van der Waals surface area contributed by atoms with Crippen LogP contribution in [0.3, 0.4) is 0 Å². The number of nitrogens with one attached hydrogen (secondary N) is 4. The van der Waals surface area contributed by atoms with Crippen molar-refractivity contribution in [3.8, 4) is 18.4 Å². The fraction of sp³-hybridized carbons (Fsp3) is 0.194. The van der Waals surface area contributed by atoms with Gasteiger partial charge in [0.1, 0.15) is 6.07 Å². The molecular weight excluding hydrogens is 539 g/mol. The topological polar surface area (TPSA) is 101 Å². The summed E-state index contributed by atoms with van der Waals surface area (Å²) in [6.07, 6.45) is 12.8. The molecule has 41 heavy (non-hydrogen) atoms. The van der Waals surface area contributed by atoms with Crippen molar-refractivity contribution < 1.29 is 5.76 Å². The van der Waals surface area contributed by atoms with Gasteiger partial charge in [0.15, 0.2) is 0 Å². The largest absolute Gasteiger partial charge is 0.376 e. The molecule has 6 rings (SSSR count). The summed E-state index contributed by atoms with van der Waals surface area (Å²) in [7, 11) is 0. The summed E-state index contributed by atoms with van der Waals surface area (Å²) in [5.74, 6) is 2.07. The first-order valence-corrected chi connectivity index (χ1v) is 13.5. The van der Waals surface area contributed by atoms with E-state index < -0.39 is 12.0 Å². The smallest absolute Gasteiger partial charge is 0.212 e. The van der Waals surface area contributed by atoms with Crippen LogP contribution >= 0.6 is 11.6 Å². The molecule has 8 nitrogen and oxygen atoms in total. The predicted molar refractivity (Wildman–Crippen MR) is 157 cm³/mol. The summed E-state index contributed by atoms with van der Waals surface area (Å²) < 4.78 is 23.4. The van der Waals surface area contributed by atoms with E-state index in [0.29, 0.717) is 56.6 Å². The normalized spacial score (nSPS) is 16.9. The third-order valence-corrected chi connectivity index (χ3v) is 7.26. The van der Waals surface area contributed by atoms with Gasteiger partial charge in [0.25, 0.3) is 0 Å². The maximum atomic E-state index is 13.8. The van der Waals surface area contributed by atoms with Gasteiger partial charge < -0.3 is 16.1 Å². The minimum Gasteiger partial charge on any atom is -0.376 e. The second-order valence-electron chi connectivity index (χ2n) is 9.82. The van der Waals surface area contributed by atoms with E-state index >= 15 is 0 Å². The highest BCUT2D eigenvalue weighted by molar-refractivity contribution is 6.35. The Kier molecular flexibility index (Phi) is 6.96. The van der Waals surface area contributed by atoms with Crippen LogP contribution < -0.4 is 21.6 Å². The van der Waals surface area contributed by atoms with Crippen molar-refractivity contribution in [2.45, 2.75) is 37.4 Å². The standard InChI is InChI=1S/C31H26ClFN8/c1-2-6-26(19-7-4-3-5-8-19)38-29-21(15-34)17-36-31-24(29)13-22(14-25(31)32)37-30(20-9-12-28(33)35-16-20)27-18-41(40-39-27)23-10-11-23/h1,3-5,7-9,12-14,16-18,23,26,30,37,39-40H,6,10-11H2,(H,36,38)/t26?,30-/m1/s1/i30D. The molecule has 3 heterocycles. The van der Waals surface area contributed by atoms with E-state index in [1.165, 1.54) is 24.5 Å². The molecule has 2 atom stereocenters. The molecule has 0 radical (unpaired) electrons. The Morgan fingerprint density at radius 2 is 1.98 bits per heavy atom. The third-order valence-electron chi connectivity index (χ3n) is 6.97. The Morgan fingerprint density at radius 1 is 1.15 bits per heavy atom. The highest BCUT2D eigenvalue weighted by Crippen LogP contribution is 2.38. The molecule has 0 spiro atoms. The van der Waals surface area contributed by atoms with Gasteiger partial charge in [-0.15, -0.1) is 17.9 Å². The van der Waals surface area contributed by atoms with Crippen LogP contribution in [-0.4, -0.2) is 21.0 Å². The minimum absolute atomic E-state index is 0.280. The molecule has 1 unspecified atom stereocenters. The number of nitriles is 1. The number of nitrogens with zero attached hydrogens (tertiary/aromatic N) is 4. The van der Waals surface area contributed by atoms with Crippen molar-refractivity contribution in [1.29, 1.82) is 5.26 Å². The van der Waals surface area contributed by atoms with E-state index in [1.807, 2.05) is 41.5 Å². The number of hydrazine groups is 2. The molecule has 204 valence electrons. The summed E-state index contributed by atoms with van der Waals surface area (Å²) in [6.45, 7) is 0. The SMILES string of the molecule is [2H][C@](Nc1cc(Cl)c2ncc(C#N)c(NC(CC#C)c3ccccc3)c2c1)(C1=CN(C2CC2)NN1)c1ccc(F)nc1. The average Bonchev–Trinajstić information content (AvgIpc) is 3.73. The van der Waals surface area contributed by atoms with E-state index in [-0.39, 0.29) is 6.04 Å². The van der Waals surface area contributed by atoms with Crippen LogP contribution in [0.4, 0.5) is 15.8 Å². The van der Waals surface area contributed by atoms with Crippen molar-refractivity contribution in [3.05, 3.63) is 107 Å². The van der Waals surface area contributed by atoms with Gasteiger partial charge >= 0.3 is 0 Å². The van der Waals surface area contributed by atoms with Gasteiger partial charge in [0.05, 0.1) is 40.9 Å². The lowest BCUT2D eigenvalue weighted by Crippen LogP contribution is -2.38. The van der Waals surface area contributed by atoms with Crippen LogP contribution in [0.2, 0.25) is 5.02 Å². The molecule has 4 aromatic rings. The fourth-order valence-electron chi connectivity index (χ4n) is 4.77. The Balaban J connectivity index is 1.45. The van der Waals surface area contributed by atoms with Crippen LogP contribution in [0, 0.1) is 29.6 Å². The van der Waals surface area contributed by atoms with Crippen LogP contribution in [0.1, 0.15) is 49.4 Å². The Morgan fingerprint density at radius 3 is 2.68 bits per heavy atom. The maximum absolute atomic E-state index is 13.8. The monoisotopic (exact) mass is 565 g/mol. The number of aromatic nitrogens is 2. The zero-order valence-corrected chi connectivity index (χ0v) is 22.6. The molecule has 1 aliphatic carbocycles. The third kappa shape index (κ3) is 5.59. The number of rotatable bonds is 9. The molecule has 1 aliphatic heterocycles. The first-order chi connectivity index (χ1) is 20.4. The molecule has 2 aromatic carbocycles. The van der Waals surface area contributed by atoms with Crippen molar-refractivity contribution in [2.75, 3.05) is 10.6 Å². The molecule has 2 aromatic heterocycles. The van der Waals surface area contributed by atoms with E-state index in [2.05, 4.69) is 43.6 Å². The fourth-order valence-corrected chi connectivity index (χ4v) is 5.04. The summed E-state index contributed by atoms with van der Waals surface area (Å²) in [5, 5.41) is 19.5. The minimum atomic E-state index is -1.61. The van der Waals surface area contributed by atoms with Crippen molar-refractivity contribution in [3.63, 3.8) is 0 Å². The van der Waals surface area contributed by atoms with E-state index in [0.717, 1.165) is 18.4 Å². The lowest BCUT2D eigenvalue weighted by Gasteiger charge is -2.23. The molecule has 1 saturated carbocycles. The number of halogens is 2. The highest BCUT2D eigenvalue weighted by Gasteiger charge is 2.32. The summed E-state index contributed by atoms with van der Waals surface area (Å²) in [5.41, 5.74) is 9.83. The zero-order chi connectivity index (χ0) is 29.3. The van der Waals surface area contributed by atoms with Crippen LogP contribution in [0.5, 0.6) is 0 Å². The number of terminal acetylenes is 1. The molecule has 0 saturated heterocycles. The van der Waals surface area contributed by atoms with E-state index in [1.54, 1.807) is 12.1 Å². The lowest BCUT2D eigenvalue weighted by molar-refractivity contribution is 0.260. The molecule has 1 fully saturated rings. The lowest BCUT2D eigenvalue weighted by atomic mass is 10.0. The van der Waals surface area contributed by atoms with Gasteiger partial charge in [-0.3, -0.25) is 9.99 Å². The van der Waals surface area contributed by atoms with Crippen LogP contribution in [0.25, 0.3) is 10.9 Å². The van der Waals surface area contributed by atoms with Gasteiger partial charge in [-0.2, -0.15) is 9.65 Å². The highest BCUT2D eigenvalue weighted by atomic mass is 35.5.